The maximum absolute atomic E-state index is 11.4. The van der Waals surface area contributed by atoms with Crippen LogP contribution in [0, 0.1) is 6.92 Å². The first kappa shape index (κ1) is 12.2. The minimum Gasteiger partial charge on any atom is -0.493 e. The average molecular weight is 250 g/mol. The molecule has 0 aromatic carbocycles. The third-order valence-electron chi connectivity index (χ3n) is 2.50. The lowest BCUT2D eigenvalue weighted by atomic mass is 10.2. The lowest BCUT2D eigenvalue weighted by Gasteiger charge is -1.97. The Morgan fingerprint density at radius 1 is 1.50 bits per heavy atom. The van der Waals surface area contributed by atoms with Gasteiger partial charge in [-0.3, -0.25) is 4.68 Å². The highest BCUT2D eigenvalue weighted by Crippen LogP contribution is 2.17. The fraction of sp³-hybridized carbons (Fsp3) is 0.333. The van der Waals surface area contributed by atoms with Crippen LogP contribution in [0.15, 0.2) is 22.9 Å². The number of carbonyl (C=O) groups excluding carboxylic acids is 1. The third-order valence-corrected chi connectivity index (χ3v) is 2.50. The molecule has 0 spiro atoms. The Morgan fingerprint density at radius 2 is 2.28 bits per heavy atom. The Hall–Kier alpha value is -2.24. The van der Waals surface area contributed by atoms with Crippen molar-refractivity contribution in [3.8, 4) is 5.75 Å². The molecule has 2 aromatic rings. The molecule has 0 saturated carbocycles. The molecule has 0 N–H and O–H groups in total. The zero-order valence-electron chi connectivity index (χ0n) is 10.5. The Balaban J connectivity index is 2.17. The number of ether oxygens (including phenoxy) is 2. The van der Waals surface area contributed by atoms with E-state index in [1.54, 1.807) is 37.2 Å². The largest absolute Gasteiger partial charge is 0.493 e. The van der Waals surface area contributed by atoms with Crippen LogP contribution >= 0.6 is 0 Å². The molecule has 2 aromatic heterocycles. The van der Waals surface area contributed by atoms with Gasteiger partial charge in [0.15, 0.2) is 5.75 Å². The highest BCUT2D eigenvalue weighted by atomic mass is 16.5. The molecule has 0 radical (unpaired) electrons. The second-order valence-electron chi connectivity index (χ2n) is 3.79. The topological polar surface area (TPSA) is 66.5 Å². The monoisotopic (exact) mass is 250 g/mol. The molecule has 0 saturated heterocycles. The highest BCUT2D eigenvalue weighted by Gasteiger charge is 2.16. The molecule has 0 atom stereocenters. The van der Waals surface area contributed by atoms with Crippen LogP contribution in [0.4, 0.5) is 0 Å². The van der Waals surface area contributed by atoms with Crippen LogP contribution in [-0.4, -0.2) is 30.0 Å². The van der Waals surface area contributed by atoms with E-state index in [2.05, 4.69) is 9.84 Å². The van der Waals surface area contributed by atoms with E-state index in [1.807, 2.05) is 0 Å². The number of rotatable bonds is 4. The third kappa shape index (κ3) is 2.37. The number of aryl methyl sites for hydroxylation is 1. The first-order valence-electron chi connectivity index (χ1n) is 5.38. The summed E-state index contributed by atoms with van der Waals surface area (Å²) in [7, 11) is 2.90. The summed E-state index contributed by atoms with van der Waals surface area (Å²) in [5.41, 5.74) is 0.746. The predicted octanol–water partition coefficient (Wildman–Crippen LogP) is 1.63. The van der Waals surface area contributed by atoms with E-state index >= 15 is 0 Å². The summed E-state index contributed by atoms with van der Waals surface area (Å²) in [6.45, 7) is 2.23. The zero-order valence-corrected chi connectivity index (χ0v) is 10.5. The highest BCUT2D eigenvalue weighted by molar-refractivity contribution is 5.87. The van der Waals surface area contributed by atoms with Gasteiger partial charge in [-0.25, -0.2) is 4.79 Å². The summed E-state index contributed by atoms with van der Waals surface area (Å²) in [5, 5.41) is 4.10. The molecule has 0 aliphatic rings. The van der Waals surface area contributed by atoms with E-state index in [4.69, 9.17) is 9.15 Å². The van der Waals surface area contributed by atoms with Crippen molar-refractivity contribution in [1.29, 1.82) is 0 Å². The van der Waals surface area contributed by atoms with Crippen molar-refractivity contribution in [3.63, 3.8) is 0 Å². The summed E-state index contributed by atoms with van der Waals surface area (Å²) < 4.78 is 16.8. The van der Waals surface area contributed by atoms with Crippen molar-refractivity contribution < 1.29 is 18.7 Å². The molecule has 0 unspecified atom stereocenters. The van der Waals surface area contributed by atoms with E-state index < -0.39 is 5.97 Å². The summed E-state index contributed by atoms with van der Waals surface area (Å²) in [4.78, 5) is 11.4. The summed E-state index contributed by atoms with van der Waals surface area (Å²) in [6, 6.07) is 1.79. The zero-order chi connectivity index (χ0) is 13.1. The van der Waals surface area contributed by atoms with Crippen molar-refractivity contribution in [2.24, 2.45) is 0 Å². The molecule has 2 rings (SSSR count). The smallest absolute Gasteiger partial charge is 0.374 e. The van der Waals surface area contributed by atoms with Crippen LogP contribution in [0.2, 0.25) is 0 Å². The lowest BCUT2D eigenvalue weighted by Crippen LogP contribution is -2.01. The Morgan fingerprint density at radius 3 is 2.89 bits per heavy atom. The van der Waals surface area contributed by atoms with Crippen molar-refractivity contribution in [2.75, 3.05) is 14.2 Å². The van der Waals surface area contributed by atoms with Gasteiger partial charge in [0, 0.05) is 5.56 Å². The summed E-state index contributed by atoms with van der Waals surface area (Å²) in [6.07, 6.45) is 3.35. The van der Waals surface area contributed by atoms with Gasteiger partial charge in [0.05, 0.1) is 33.2 Å². The average Bonchev–Trinajstić information content (AvgIpc) is 2.95. The predicted molar refractivity (Wildman–Crippen MR) is 62.7 cm³/mol. The van der Waals surface area contributed by atoms with Crippen LogP contribution in [0.5, 0.6) is 5.75 Å². The van der Waals surface area contributed by atoms with E-state index in [0.717, 1.165) is 5.56 Å². The number of aromatic nitrogens is 2. The van der Waals surface area contributed by atoms with E-state index in [1.165, 1.54) is 7.11 Å². The van der Waals surface area contributed by atoms with E-state index in [-0.39, 0.29) is 5.76 Å². The first-order chi connectivity index (χ1) is 8.63. The van der Waals surface area contributed by atoms with Crippen molar-refractivity contribution in [2.45, 2.75) is 13.5 Å². The number of nitrogens with zero attached hydrogens (tertiary/aromatic N) is 2. The second kappa shape index (κ2) is 4.95. The van der Waals surface area contributed by atoms with Crippen molar-refractivity contribution in [1.82, 2.24) is 9.78 Å². The van der Waals surface area contributed by atoms with Crippen LogP contribution in [-0.2, 0) is 11.3 Å². The van der Waals surface area contributed by atoms with Crippen LogP contribution in [0.25, 0.3) is 0 Å². The molecule has 6 nitrogen and oxygen atoms in total. The van der Waals surface area contributed by atoms with Crippen molar-refractivity contribution in [3.05, 3.63) is 35.5 Å². The lowest BCUT2D eigenvalue weighted by molar-refractivity contribution is 0.0561. The molecule has 6 heteroatoms. The molecule has 0 aliphatic carbocycles. The van der Waals surface area contributed by atoms with Gasteiger partial charge in [-0.05, 0) is 13.0 Å². The number of hydrogen-bond acceptors (Lipinski definition) is 5. The molecule has 18 heavy (non-hydrogen) atoms. The molecule has 0 bridgehead atoms. The maximum atomic E-state index is 11.4. The summed E-state index contributed by atoms with van der Waals surface area (Å²) in [5.74, 6) is 1.06. The fourth-order valence-electron chi connectivity index (χ4n) is 1.62. The van der Waals surface area contributed by atoms with Crippen LogP contribution in [0.3, 0.4) is 0 Å². The molecule has 2 heterocycles. The van der Waals surface area contributed by atoms with Gasteiger partial charge >= 0.3 is 5.97 Å². The normalized spacial score (nSPS) is 10.4. The number of furan rings is 1. The quantitative estimate of drug-likeness (QED) is 0.771. The first-order valence-corrected chi connectivity index (χ1v) is 5.38. The van der Waals surface area contributed by atoms with Gasteiger partial charge in [-0.1, -0.05) is 0 Å². The van der Waals surface area contributed by atoms with E-state index in [0.29, 0.717) is 18.1 Å². The van der Waals surface area contributed by atoms with E-state index in [9.17, 15) is 4.79 Å². The van der Waals surface area contributed by atoms with Crippen molar-refractivity contribution >= 4 is 5.97 Å². The molecule has 96 valence electrons. The van der Waals surface area contributed by atoms with Crippen LogP contribution < -0.4 is 4.74 Å². The molecule has 0 fully saturated rings. The SMILES string of the molecule is COC(=O)c1oc(Cn2cc(OC)cn2)cc1C. The van der Waals surface area contributed by atoms with Gasteiger partial charge in [-0.15, -0.1) is 0 Å². The Bertz CT molecular complexity index is 556. The molecule has 0 amide bonds. The van der Waals surface area contributed by atoms with Gasteiger partial charge in [0.25, 0.3) is 0 Å². The molecular formula is C12H14N2O4. The van der Waals surface area contributed by atoms with Gasteiger partial charge in [-0.2, -0.15) is 5.10 Å². The van der Waals surface area contributed by atoms with Gasteiger partial charge in [0.1, 0.15) is 5.76 Å². The fourth-order valence-corrected chi connectivity index (χ4v) is 1.62. The van der Waals surface area contributed by atoms with Gasteiger partial charge in [0.2, 0.25) is 5.76 Å². The second-order valence-corrected chi connectivity index (χ2v) is 3.79. The standard InChI is InChI=1S/C12H14N2O4/c1-8-4-9(18-11(8)12(15)17-3)6-14-7-10(16-2)5-13-14/h4-5,7H,6H2,1-3H3. The van der Waals surface area contributed by atoms with Crippen LogP contribution in [0.1, 0.15) is 21.9 Å². The molecular weight excluding hydrogens is 236 g/mol. The van der Waals surface area contributed by atoms with Gasteiger partial charge < -0.3 is 13.9 Å². The number of esters is 1. The number of carbonyl (C=O) groups is 1. The number of methoxy groups -OCH3 is 2. The molecule has 0 aliphatic heterocycles. The Labute approximate surface area is 104 Å². The minimum absolute atomic E-state index is 0.228. The summed E-state index contributed by atoms with van der Waals surface area (Å²) >= 11 is 0. The number of hydrogen-bond donors (Lipinski definition) is 0. The maximum Gasteiger partial charge on any atom is 0.374 e. The minimum atomic E-state index is -0.475. The Kier molecular flexibility index (Phi) is 3.36.